The average molecular weight is 412 g/mol. The molecule has 0 saturated carbocycles. The molecule has 0 radical (unpaired) electrons. The highest BCUT2D eigenvalue weighted by Gasteiger charge is 2.19. The Morgan fingerprint density at radius 1 is 0.839 bits per heavy atom. The van der Waals surface area contributed by atoms with E-state index in [1.165, 1.54) is 32.8 Å². The first-order valence-corrected chi connectivity index (χ1v) is 10.9. The molecule has 1 aliphatic rings. The SMILES string of the molecule is Oc1ccc2c(c1)c1c3c[nH]cc3c(-c3ccccc3)cc1n2CCN1CCOCC1. The van der Waals surface area contributed by atoms with Gasteiger partial charge in [0.2, 0.25) is 0 Å². The van der Waals surface area contributed by atoms with E-state index < -0.39 is 0 Å². The van der Waals surface area contributed by atoms with Crippen LogP contribution in [0.3, 0.4) is 0 Å². The third-order valence-corrected chi connectivity index (χ3v) is 6.50. The zero-order valence-electron chi connectivity index (χ0n) is 17.3. The molecule has 5 aromatic rings. The molecule has 3 heterocycles. The molecule has 0 bridgehead atoms. The van der Waals surface area contributed by atoms with Crippen molar-refractivity contribution < 1.29 is 9.84 Å². The Morgan fingerprint density at radius 2 is 1.65 bits per heavy atom. The quantitative estimate of drug-likeness (QED) is 0.439. The van der Waals surface area contributed by atoms with Crippen LogP contribution in [0.4, 0.5) is 0 Å². The van der Waals surface area contributed by atoms with Crippen molar-refractivity contribution in [2.24, 2.45) is 0 Å². The fourth-order valence-electron chi connectivity index (χ4n) is 4.97. The summed E-state index contributed by atoms with van der Waals surface area (Å²) in [6.45, 7) is 5.46. The number of aromatic amines is 1. The summed E-state index contributed by atoms with van der Waals surface area (Å²) in [6, 6.07) is 18.6. The van der Waals surface area contributed by atoms with Crippen molar-refractivity contribution in [3.05, 3.63) is 67.0 Å². The highest BCUT2D eigenvalue weighted by atomic mass is 16.5. The second-order valence-corrected chi connectivity index (χ2v) is 8.27. The van der Waals surface area contributed by atoms with Gasteiger partial charge in [0.15, 0.2) is 0 Å². The zero-order valence-corrected chi connectivity index (χ0v) is 17.3. The molecular weight excluding hydrogens is 386 g/mol. The lowest BCUT2D eigenvalue weighted by molar-refractivity contribution is 0.0366. The van der Waals surface area contributed by atoms with Crippen molar-refractivity contribution in [1.29, 1.82) is 0 Å². The average Bonchev–Trinajstić information content (AvgIpc) is 3.41. The van der Waals surface area contributed by atoms with Crippen LogP contribution in [-0.2, 0) is 11.3 Å². The number of benzene rings is 3. The molecule has 0 aliphatic carbocycles. The van der Waals surface area contributed by atoms with Gasteiger partial charge in [0.1, 0.15) is 5.75 Å². The smallest absolute Gasteiger partial charge is 0.116 e. The van der Waals surface area contributed by atoms with Crippen LogP contribution in [0.25, 0.3) is 43.7 Å². The van der Waals surface area contributed by atoms with Gasteiger partial charge in [0, 0.05) is 65.6 Å². The Labute approximate surface area is 180 Å². The molecule has 0 amide bonds. The van der Waals surface area contributed by atoms with Crippen LogP contribution in [0.15, 0.2) is 67.0 Å². The van der Waals surface area contributed by atoms with Crippen molar-refractivity contribution in [2.45, 2.75) is 6.54 Å². The van der Waals surface area contributed by atoms with Gasteiger partial charge in [-0.2, -0.15) is 0 Å². The Bertz CT molecular complexity index is 1380. The van der Waals surface area contributed by atoms with E-state index in [1.807, 2.05) is 12.1 Å². The highest BCUT2D eigenvalue weighted by molar-refractivity contribution is 6.23. The summed E-state index contributed by atoms with van der Waals surface area (Å²) in [5, 5.41) is 14.9. The van der Waals surface area contributed by atoms with Crippen LogP contribution in [0.5, 0.6) is 5.75 Å². The number of H-pyrrole nitrogens is 1. The lowest BCUT2D eigenvalue weighted by Crippen LogP contribution is -2.38. The van der Waals surface area contributed by atoms with Crippen LogP contribution < -0.4 is 0 Å². The first-order valence-electron chi connectivity index (χ1n) is 10.9. The predicted octanol–water partition coefficient (Wildman–Crippen LogP) is 4.98. The third-order valence-electron chi connectivity index (χ3n) is 6.50. The lowest BCUT2D eigenvalue weighted by atomic mass is 9.97. The second kappa shape index (κ2) is 7.45. The van der Waals surface area contributed by atoms with Gasteiger partial charge in [0.25, 0.3) is 0 Å². The summed E-state index contributed by atoms with van der Waals surface area (Å²) >= 11 is 0. The number of phenols is 1. The molecule has 0 atom stereocenters. The number of aromatic nitrogens is 2. The van der Waals surface area contributed by atoms with Crippen molar-refractivity contribution >= 4 is 32.6 Å². The molecule has 0 spiro atoms. The molecule has 1 aliphatic heterocycles. The Kier molecular flexibility index (Phi) is 4.44. The normalized spacial score (nSPS) is 15.4. The number of ether oxygens (including phenoxy) is 1. The molecule has 6 rings (SSSR count). The summed E-state index contributed by atoms with van der Waals surface area (Å²) < 4.78 is 7.93. The van der Waals surface area contributed by atoms with Crippen molar-refractivity contribution in [3.8, 4) is 16.9 Å². The number of hydrogen-bond acceptors (Lipinski definition) is 3. The molecule has 0 unspecified atom stereocenters. The minimum absolute atomic E-state index is 0.301. The molecule has 1 saturated heterocycles. The third kappa shape index (κ3) is 3.09. The number of nitrogens with one attached hydrogen (secondary N) is 1. The molecule has 156 valence electrons. The summed E-state index contributed by atoms with van der Waals surface area (Å²) in [5.41, 5.74) is 4.81. The van der Waals surface area contributed by atoms with E-state index in [1.54, 1.807) is 6.07 Å². The van der Waals surface area contributed by atoms with E-state index in [4.69, 9.17) is 4.74 Å². The number of nitrogens with zero attached hydrogens (tertiary/aromatic N) is 2. The maximum absolute atomic E-state index is 10.2. The van der Waals surface area contributed by atoms with Crippen molar-refractivity contribution in [2.75, 3.05) is 32.8 Å². The summed E-state index contributed by atoms with van der Waals surface area (Å²) in [4.78, 5) is 5.79. The maximum atomic E-state index is 10.2. The van der Waals surface area contributed by atoms with Crippen LogP contribution in [-0.4, -0.2) is 52.4 Å². The fourth-order valence-corrected chi connectivity index (χ4v) is 4.97. The van der Waals surface area contributed by atoms with E-state index in [9.17, 15) is 5.11 Å². The van der Waals surface area contributed by atoms with E-state index in [2.05, 4.69) is 63.2 Å². The lowest BCUT2D eigenvalue weighted by Gasteiger charge is -2.27. The minimum atomic E-state index is 0.301. The minimum Gasteiger partial charge on any atom is -0.508 e. The summed E-state index contributed by atoms with van der Waals surface area (Å²) in [5.74, 6) is 0.301. The molecule has 31 heavy (non-hydrogen) atoms. The van der Waals surface area contributed by atoms with Crippen LogP contribution >= 0.6 is 0 Å². The van der Waals surface area contributed by atoms with Crippen LogP contribution in [0, 0.1) is 0 Å². The number of fused-ring (bicyclic) bond motifs is 5. The van der Waals surface area contributed by atoms with E-state index in [0.29, 0.717) is 5.75 Å². The zero-order chi connectivity index (χ0) is 20.8. The van der Waals surface area contributed by atoms with Gasteiger partial charge in [-0.15, -0.1) is 0 Å². The molecule has 2 N–H and O–H groups in total. The number of phenolic OH excluding ortho intramolecular Hbond substituents is 1. The highest BCUT2D eigenvalue weighted by Crippen LogP contribution is 2.40. The topological polar surface area (TPSA) is 53.4 Å². The van der Waals surface area contributed by atoms with Gasteiger partial charge in [-0.1, -0.05) is 30.3 Å². The van der Waals surface area contributed by atoms with Crippen LogP contribution in [0.2, 0.25) is 0 Å². The number of aromatic hydroxyl groups is 1. The Hall–Kier alpha value is -3.28. The molecule has 5 heteroatoms. The fraction of sp³-hybridized carbons (Fsp3) is 0.231. The van der Waals surface area contributed by atoms with Crippen molar-refractivity contribution in [1.82, 2.24) is 14.5 Å². The largest absolute Gasteiger partial charge is 0.508 e. The van der Waals surface area contributed by atoms with Gasteiger partial charge in [0.05, 0.1) is 18.7 Å². The molecular formula is C26H25N3O2. The molecule has 1 fully saturated rings. The van der Waals surface area contributed by atoms with E-state index in [0.717, 1.165) is 50.3 Å². The predicted molar refractivity (Wildman–Crippen MR) is 126 cm³/mol. The maximum Gasteiger partial charge on any atom is 0.116 e. The number of rotatable bonds is 4. The van der Waals surface area contributed by atoms with Crippen LogP contribution in [0.1, 0.15) is 0 Å². The first-order chi connectivity index (χ1) is 15.3. The van der Waals surface area contributed by atoms with Gasteiger partial charge >= 0.3 is 0 Å². The Morgan fingerprint density at radius 3 is 2.48 bits per heavy atom. The number of morpholine rings is 1. The number of hydrogen-bond donors (Lipinski definition) is 2. The van der Waals surface area contributed by atoms with Crippen molar-refractivity contribution in [3.63, 3.8) is 0 Å². The second-order valence-electron chi connectivity index (χ2n) is 8.27. The summed E-state index contributed by atoms with van der Waals surface area (Å²) in [6.07, 6.45) is 4.16. The van der Waals surface area contributed by atoms with E-state index in [-0.39, 0.29) is 0 Å². The van der Waals surface area contributed by atoms with Gasteiger partial charge in [-0.05, 0) is 35.4 Å². The molecule has 5 nitrogen and oxygen atoms in total. The Balaban J connectivity index is 1.60. The summed E-state index contributed by atoms with van der Waals surface area (Å²) in [7, 11) is 0. The van der Waals surface area contributed by atoms with E-state index >= 15 is 0 Å². The first kappa shape index (κ1) is 18.5. The standard InChI is InChI=1S/C26H25N3O2/c30-19-6-7-24-21(14-19)26-23-17-27-16-22(23)20(18-4-2-1-3-5-18)15-25(26)29(24)9-8-28-10-12-31-13-11-28/h1-7,14-17,27,30H,8-13H2. The molecule has 3 aromatic carbocycles. The van der Waals surface area contributed by atoms with Gasteiger partial charge in [-0.25, -0.2) is 0 Å². The monoisotopic (exact) mass is 411 g/mol. The van der Waals surface area contributed by atoms with Gasteiger partial charge in [-0.3, -0.25) is 4.90 Å². The van der Waals surface area contributed by atoms with Gasteiger partial charge < -0.3 is 19.4 Å². The molecule has 2 aromatic heterocycles.